The third kappa shape index (κ3) is 4.93. The minimum absolute atomic E-state index is 0.165. The summed E-state index contributed by atoms with van der Waals surface area (Å²) in [6, 6.07) is -0.428. The van der Waals surface area contributed by atoms with Crippen molar-refractivity contribution >= 4 is 6.09 Å². The maximum absolute atomic E-state index is 11.6. The van der Waals surface area contributed by atoms with Gasteiger partial charge in [-0.15, -0.1) is 0 Å². The molecular formula is C10H19N5O2. The summed E-state index contributed by atoms with van der Waals surface area (Å²) in [6.07, 6.45) is 0.255. The van der Waals surface area contributed by atoms with Crippen LogP contribution in [0.1, 0.15) is 27.2 Å². The Balaban J connectivity index is 2.53. The lowest BCUT2D eigenvalue weighted by Gasteiger charge is -2.30. The molecule has 96 valence electrons. The normalized spacial score (nSPS) is 24.6. The third-order valence-electron chi connectivity index (χ3n) is 2.35. The molecule has 1 aliphatic rings. The number of nitrogens with one attached hydrogen (secondary N) is 2. The maximum Gasteiger partial charge on any atom is 0.407 e. The number of azide groups is 1. The summed E-state index contributed by atoms with van der Waals surface area (Å²) in [7, 11) is 0. The summed E-state index contributed by atoms with van der Waals surface area (Å²) in [6.45, 7) is 6.78. The number of ether oxygens (including phenoxy) is 1. The monoisotopic (exact) mass is 241 g/mol. The zero-order valence-electron chi connectivity index (χ0n) is 10.4. The van der Waals surface area contributed by atoms with Gasteiger partial charge in [0, 0.05) is 17.5 Å². The fourth-order valence-electron chi connectivity index (χ4n) is 1.66. The van der Waals surface area contributed by atoms with Crippen molar-refractivity contribution < 1.29 is 9.53 Å². The zero-order valence-corrected chi connectivity index (χ0v) is 10.4. The van der Waals surface area contributed by atoms with Crippen LogP contribution in [0.4, 0.5) is 4.79 Å². The van der Waals surface area contributed by atoms with Crippen molar-refractivity contribution in [3.05, 3.63) is 10.4 Å². The Hall–Kier alpha value is -1.46. The van der Waals surface area contributed by atoms with Crippen LogP contribution in [-0.2, 0) is 4.74 Å². The summed E-state index contributed by atoms with van der Waals surface area (Å²) in [5.41, 5.74) is 7.92. The Morgan fingerprint density at radius 3 is 2.88 bits per heavy atom. The molecule has 1 aliphatic heterocycles. The van der Waals surface area contributed by atoms with Gasteiger partial charge in [-0.25, -0.2) is 4.79 Å². The molecule has 2 atom stereocenters. The van der Waals surface area contributed by atoms with Crippen LogP contribution in [0.15, 0.2) is 5.11 Å². The van der Waals surface area contributed by atoms with Gasteiger partial charge in [-0.3, -0.25) is 0 Å². The minimum atomic E-state index is -0.523. The summed E-state index contributed by atoms with van der Waals surface area (Å²) in [5, 5.41) is 9.52. The molecule has 7 heteroatoms. The van der Waals surface area contributed by atoms with E-state index in [-0.39, 0.29) is 12.1 Å². The first kappa shape index (κ1) is 13.6. The molecule has 1 saturated heterocycles. The minimum Gasteiger partial charge on any atom is -0.444 e. The summed E-state index contributed by atoms with van der Waals surface area (Å²) >= 11 is 0. The molecule has 0 saturated carbocycles. The number of nitrogens with zero attached hydrogens (tertiary/aromatic N) is 3. The average Bonchev–Trinajstić information content (AvgIpc) is 2.18. The van der Waals surface area contributed by atoms with Gasteiger partial charge in [-0.05, 0) is 39.3 Å². The van der Waals surface area contributed by atoms with Crippen LogP contribution in [0, 0.1) is 0 Å². The molecule has 17 heavy (non-hydrogen) atoms. The van der Waals surface area contributed by atoms with E-state index in [2.05, 4.69) is 20.7 Å². The summed E-state index contributed by atoms with van der Waals surface area (Å²) in [5.74, 6) is 0. The lowest BCUT2D eigenvalue weighted by atomic mass is 10.0. The van der Waals surface area contributed by atoms with Crippen LogP contribution in [0.3, 0.4) is 0 Å². The predicted molar refractivity (Wildman–Crippen MR) is 63.6 cm³/mol. The van der Waals surface area contributed by atoms with Gasteiger partial charge in [0.25, 0.3) is 0 Å². The second-order valence-electron chi connectivity index (χ2n) is 5.02. The van der Waals surface area contributed by atoms with Crippen molar-refractivity contribution in [3.63, 3.8) is 0 Å². The van der Waals surface area contributed by atoms with E-state index in [4.69, 9.17) is 10.3 Å². The lowest BCUT2D eigenvalue weighted by Crippen LogP contribution is -2.52. The Morgan fingerprint density at radius 2 is 2.29 bits per heavy atom. The molecule has 1 heterocycles. The van der Waals surface area contributed by atoms with Crippen LogP contribution >= 0.6 is 0 Å². The van der Waals surface area contributed by atoms with E-state index in [1.807, 2.05) is 0 Å². The van der Waals surface area contributed by atoms with Gasteiger partial charge in [0.05, 0.1) is 6.04 Å². The number of carbonyl (C=O) groups excluding carboxylic acids is 1. The van der Waals surface area contributed by atoms with Crippen molar-refractivity contribution in [2.75, 3.05) is 13.1 Å². The van der Waals surface area contributed by atoms with E-state index >= 15 is 0 Å². The Kier molecular flexibility index (Phi) is 4.60. The van der Waals surface area contributed by atoms with E-state index in [9.17, 15) is 4.79 Å². The van der Waals surface area contributed by atoms with Gasteiger partial charge in [0.1, 0.15) is 5.60 Å². The van der Waals surface area contributed by atoms with Crippen LogP contribution < -0.4 is 10.6 Å². The summed E-state index contributed by atoms with van der Waals surface area (Å²) in [4.78, 5) is 14.4. The second kappa shape index (κ2) is 5.75. The number of alkyl carbamates (subject to hydrolysis) is 1. The largest absolute Gasteiger partial charge is 0.444 e. The molecule has 0 spiro atoms. The van der Waals surface area contributed by atoms with Crippen molar-refractivity contribution in [1.29, 1.82) is 0 Å². The van der Waals surface area contributed by atoms with Crippen LogP contribution in [0.25, 0.3) is 10.4 Å². The Labute approximate surface area is 101 Å². The smallest absolute Gasteiger partial charge is 0.407 e. The van der Waals surface area contributed by atoms with E-state index in [1.165, 1.54) is 0 Å². The van der Waals surface area contributed by atoms with Gasteiger partial charge >= 0.3 is 6.09 Å². The summed E-state index contributed by atoms with van der Waals surface area (Å²) < 4.78 is 5.16. The topological polar surface area (TPSA) is 99.1 Å². The molecule has 0 unspecified atom stereocenters. The Morgan fingerprint density at radius 1 is 1.59 bits per heavy atom. The van der Waals surface area contributed by atoms with Crippen LogP contribution in [0.5, 0.6) is 0 Å². The molecule has 0 aromatic carbocycles. The molecule has 0 aromatic rings. The highest BCUT2D eigenvalue weighted by molar-refractivity contribution is 5.68. The predicted octanol–water partition coefficient (Wildman–Crippen LogP) is 1.55. The Bertz CT molecular complexity index is 319. The van der Waals surface area contributed by atoms with Gasteiger partial charge in [0.2, 0.25) is 0 Å². The van der Waals surface area contributed by atoms with E-state index in [0.717, 1.165) is 13.0 Å². The highest BCUT2D eigenvalue weighted by atomic mass is 16.6. The molecule has 0 aromatic heterocycles. The lowest BCUT2D eigenvalue weighted by molar-refractivity contribution is 0.0489. The number of rotatable bonds is 2. The second-order valence-corrected chi connectivity index (χ2v) is 5.02. The molecule has 1 fully saturated rings. The number of amides is 1. The standard InChI is InChI=1S/C10H19N5O2/c1-10(2,3)17-9(16)13-7-4-5-12-6-8(7)14-15-11/h7-8,12H,4-6H2,1-3H3,(H,13,16)/t7-,8+/m0/s1. The number of hydrogen-bond donors (Lipinski definition) is 2. The molecule has 7 nitrogen and oxygen atoms in total. The third-order valence-corrected chi connectivity index (χ3v) is 2.35. The molecule has 2 N–H and O–H groups in total. The average molecular weight is 241 g/mol. The first-order valence-corrected chi connectivity index (χ1v) is 5.67. The molecule has 0 aliphatic carbocycles. The first-order valence-electron chi connectivity index (χ1n) is 5.67. The maximum atomic E-state index is 11.6. The van der Waals surface area contributed by atoms with E-state index in [0.29, 0.717) is 6.54 Å². The molecular weight excluding hydrogens is 222 g/mol. The zero-order chi connectivity index (χ0) is 12.9. The van der Waals surface area contributed by atoms with Gasteiger partial charge in [0.15, 0.2) is 0 Å². The van der Waals surface area contributed by atoms with Crippen LogP contribution in [-0.4, -0.2) is 36.9 Å². The van der Waals surface area contributed by atoms with Gasteiger partial charge < -0.3 is 15.4 Å². The fourth-order valence-corrected chi connectivity index (χ4v) is 1.66. The van der Waals surface area contributed by atoms with Crippen molar-refractivity contribution in [2.24, 2.45) is 5.11 Å². The molecule has 0 radical (unpaired) electrons. The molecule has 1 rings (SSSR count). The quantitative estimate of drug-likeness (QED) is 0.436. The van der Waals surface area contributed by atoms with Crippen molar-refractivity contribution in [1.82, 2.24) is 10.6 Å². The highest BCUT2D eigenvalue weighted by Crippen LogP contribution is 2.11. The SMILES string of the molecule is CC(C)(C)OC(=O)N[C@H]1CCNC[C@H]1N=[N+]=[N-]. The van der Waals surface area contributed by atoms with Gasteiger partial charge in [-0.1, -0.05) is 5.11 Å². The fraction of sp³-hybridized carbons (Fsp3) is 0.900. The van der Waals surface area contributed by atoms with Crippen LogP contribution in [0.2, 0.25) is 0 Å². The van der Waals surface area contributed by atoms with Gasteiger partial charge in [-0.2, -0.15) is 0 Å². The first-order chi connectivity index (χ1) is 7.92. The molecule has 1 amide bonds. The van der Waals surface area contributed by atoms with E-state index in [1.54, 1.807) is 20.8 Å². The number of carbonyl (C=O) groups is 1. The number of piperidine rings is 1. The van der Waals surface area contributed by atoms with E-state index < -0.39 is 11.7 Å². The van der Waals surface area contributed by atoms with Crippen molar-refractivity contribution in [3.8, 4) is 0 Å². The highest BCUT2D eigenvalue weighted by Gasteiger charge is 2.27. The van der Waals surface area contributed by atoms with Crippen molar-refractivity contribution in [2.45, 2.75) is 44.9 Å². The molecule has 0 bridgehead atoms. The number of hydrogen-bond acceptors (Lipinski definition) is 4.